The molecule has 1 aliphatic carbocycles. The minimum absolute atomic E-state index is 0.677. The van der Waals surface area contributed by atoms with Crippen molar-refractivity contribution in [1.29, 1.82) is 0 Å². The molecular formula is C11H17IN4. The topological polar surface area (TPSA) is 63.8 Å². The van der Waals surface area contributed by atoms with Gasteiger partial charge < -0.3 is 11.1 Å². The zero-order valence-corrected chi connectivity index (χ0v) is 11.4. The second kappa shape index (κ2) is 5.77. The maximum Gasteiger partial charge on any atom is 0.222 e. The molecule has 2 atom stereocenters. The molecule has 1 aromatic rings. The van der Waals surface area contributed by atoms with Crippen LogP contribution in [0.2, 0.25) is 0 Å². The average molecular weight is 332 g/mol. The van der Waals surface area contributed by atoms with E-state index < -0.39 is 0 Å². The summed E-state index contributed by atoms with van der Waals surface area (Å²) in [7, 11) is 0. The summed E-state index contributed by atoms with van der Waals surface area (Å²) in [5.41, 5.74) is 5.75. The van der Waals surface area contributed by atoms with Gasteiger partial charge in [-0.05, 0) is 53.8 Å². The quantitative estimate of drug-likeness (QED) is 0.827. The van der Waals surface area contributed by atoms with E-state index in [1.54, 1.807) is 0 Å². The molecule has 0 aromatic carbocycles. The van der Waals surface area contributed by atoms with Gasteiger partial charge in [0, 0.05) is 22.5 Å². The lowest BCUT2D eigenvalue weighted by Gasteiger charge is -2.18. The molecule has 0 saturated heterocycles. The highest BCUT2D eigenvalue weighted by atomic mass is 127. The van der Waals surface area contributed by atoms with Crippen molar-refractivity contribution in [1.82, 2.24) is 9.97 Å². The number of halogens is 1. The Morgan fingerprint density at radius 3 is 2.69 bits per heavy atom. The average Bonchev–Trinajstić information content (AvgIpc) is 2.76. The van der Waals surface area contributed by atoms with Gasteiger partial charge in [-0.1, -0.05) is 6.42 Å². The van der Waals surface area contributed by atoms with Crippen molar-refractivity contribution in [3.8, 4) is 0 Å². The minimum Gasteiger partial charge on any atom is -0.354 e. The molecule has 16 heavy (non-hydrogen) atoms. The second-order valence-corrected chi connectivity index (χ2v) is 5.54. The number of nitrogens with zero attached hydrogens (tertiary/aromatic N) is 2. The Hall–Kier alpha value is -0.430. The first-order valence-electron chi connectivity index (χ1n) is 5.71. The van der Waals surface area contributed by atoms with Crippen molar-refractivity contribution in [2.75, 3.05) is 18.4 Å². The minimum atomic E-state index is 0.677. The molecule has 1 fully saturated rings. The molecule has 0 radical (unpaired) electrons. The van der Waals surface area contributed by atoms with Crippen LogP contribution < -0.4 is 11.1 Å². The van der Waals surface area contributed by atoms with Crippen molar-refractivity contribution in [3.63, 3.8) is 0 Å². The molecule has 4 nitrogen and oxygen atoms in total. The molecule has 0 bridgehead atoms. The van der Waals surface area contributed by atoms with Crippen molar-refractivity contribution in [3.05, 3.63) is 16.0 Å². The van der Waals surface area contributed by atoms with Crippen LogP contribution in [0.15, 0.2) is 12.4 Å². The third kappa shape index (κ3) is 3.04. The molecule has 1 aliphatic rings. The van der Waals surface area contributed by atoms with E-state index in [-0.39, 0.29) is 0 Å². The third-order valence-corrected chi connectivity index (χ3v) is 3.82. The number of rotatable bonds is 4. The lowest BCUT2D eigenvalue weighted by Crippen LogP contribution is -2.24. The van der Waals surface area contributed by atoms with Gasteiger partial charge in [-0.25, -0.2) is 9.97 Å². The maximum absolute atomic E-state index is 5.75. The standard InChI is InChI=1S/C11H17IN4/c12-10-6-15-11(16-7-10)14-5-9-3-1-2-8(9)4-13/h6-9H,1-5,13H2,(H,14,15,16). The molecule has 1 saturated carbocycles. The van der Waals surface area contributed by atoms with Crippen LogP contribution in [0, 0.1) is 15.4 Å². The van der Waals surface area contributed by atoms with E-state index in [1.165, 1.54) is 19.3 Å². The van der Waals surface area contributed by atoms with Gasteiger partial charge >= 0.3 is 0 Å². The van der Waals surface area contributed by atoms with Crippen LogP contribution in [0.25, 0.3) is 0 Å². The van der Waals surface area contributed by atoms with E-state index in [4.69, 9.17) is 5.73 Å². The summed E-state index contributed by atoms with van der Waals surface area (Å²) < 4.78 is 1.06. The predicted molar refractivity (Wildman–Crippen MR) is 73.1 cm³/mol. The van der Waals surface area contributed by atoms with Crippen LogP contribution in [0.4, 0.5) is 5.95 Å². The van der Waals surface area contributed by atoms with Crippen molar-refractivity contribution >= 4 is 28.5 Å². The lowest BCUT2D eigenvalue weighted by atomic mass is 9.96. The second-order valence-electron chi connectivity index (χ2n) is 4.29. The molecule has 5 heteroatoms. The lowest BCUT2D eigenvalue weighted by molar-refractivity contribution is 0.414. The summed E-state index contributed by atoms with van der Waals surface area (Å²) in [6.07, 6.45) is 7.51. The van der Waals surface area contributed by atoms with Crippen molar-refractivity contribution in [2.45, 2.75) is 19.3 Å². The summed E-state index contributed by atoms with van der Waals surface area (Å²) in [6.45, 7) is 1.75. The smallest absolute Gasteiger partial charge is 0.222 e. The van der Waals surface area contributed by atoms with Gasteiger partial charge in [-0.3, -0.25) is 0 Å². The van der Waals surface area contributed by atoms with Crippen molar-refractivity contribution in [2.24, 2.45) is 17.6 Å². The fourth-order valence-electron chi connectivity index (χ4n) is 2.32. The Balaban J connectivity index is 1.85. The Morgan fingerprint density at radius 2 is 2.00 bits per heavy atom. The highest BCUT2D eigenvalue weighted by molar-refractivity contribution is 14.1. The maximum atomic E-state index is 5.75. The number of nitrogens with two attached hydrogens (primary N) is 1. The first kappa shape index (κ1) is 12.0. The van der Waals surface area contributed by atoms with E-state index in [1.807, 2.05) is 12.4 Å². The van der Waals surface area contributed by atoms with Gasteiger partial charge in [0.2, 0.25) is 5.95 Å². The van der Waals surface area contributed by atoms with Crippen LogP contribution in [0.5, 0.6) is 0 Å². The molecule has 0 amide bonds. The fourth-order valence-corrected chi connectivity index (χ4v) is 2.60. The number of anilines is 1. The monoisotopic (exact) mass is 332 g/mol. The molecule has 1 aromatic heterocycles. The zero-order valence-electron chi connectivity index (χ0n) is 9.19. The molecule has 0 spiro atoms. The van der Waals surface area contributed by atoms with Gasteiger partial charge in [0.15, 0.2) is 0 Å². The van der Waals surface area contributed by atoms with Gasteiger partial charge in [0.05, 0.1) is 0 Å². The highest BCUT2D eigenvalue weighted by Gasteiger charge is 2.25. The van der Waals surface area contributed by atoms with E-state index >= 15 is 0 Å². The summed E-state index contributed by atoms with van der Waals surface area (Å²) >= 11 is 2.20. The predicted octanol–water partition coefficient (Wildman–Crippen LogP) is 1.87. The molecule has 0 aliphatic heterocycles. The Bertz CT molecular complexity index is 327. The van der Waals surface area contributed by atoms with Gasteiger partial charge in [0.1, 0.15) is 0 Å². The SMILES string of the molecule is NCC1CCCC1CNc1ncc(I)cn1. The van der Waals surface area contributed by atoms with E-state index in [2.05, 4.69) is 37.9 Å². The highest BCUT2D eigenvalue weighted by Crippen LogP contribution is 2.30. The van der Waals surface area contributed by atoms with Crippen LogP contribution in [-0.2, 0) is 0 Å². The molecule has 2 unspecified atom stereocenters. The largest absolute Gasteiger partial charge is 0.354 e. The normalized spacial score (nSPS) is 24.6. The van der Waals surface area contributed by atoms with Crippen LogP contribution in [0.3, 0.4) is 0 Å². The number of aromatic nitrogens is 2. The summed E-state index contributed by atoms with van der Waals surface area (Å²) in [5.74, 6) is 2.09. The third-order valence-electron chi connectivity index (χ3n) is 3.26. The molecule has 2 rings (SSSR count). The number of hydrogen-bond acceptors (Lipinski definition) is 4. The summed E-state index contributed by atoms with van der Waals surface area (Å²) in [5, 5.41) is 3.30. The molecule has 88 valence electrons. The molecule has 1 heterocycles. The van der Waals surface area contributed by atoms with Gasteiger partial charge in [-0.2, -0.15) is 0 Å². The van der Waals surface area contributed by atoms with E-state index in [0.717, 1.165) is 22.6 Å². The fraction of sp³-hybridized carbons (Fsp3) is 0.636. The van der Waals surface area contributed by atoms with Crippen molar-refractivity contribution < 1.29 is 0 Å². The molecular weight excluding hydrogens is 315 g/mol. The van der Waals surface area contributed by atoms with Gasteiger partial charge in [0.25, 0.3) is 0 Å². The van der Waals surface area contributed by atoms with E-state index in [0.29, 0.717) is 11.8 Å². The van der Waals surface area contributed by atoms with Gasteiger partial charge in [-0.15, -0.1) is 0 Å². The Kier molecular flexibility index (Phi) is 4.34. The zero-order chi connectivity index (χ0) is 11.4. The Morgan fingerprint density at radius 1 is 1.31 bits per heavy atom. The van der Waals surface area contributed by atoms with Crippen LogP contribution >= 0.6 is 22.6 Å². The molecule has 3 N–H and O–H groups in total. The number of hydrogen-bond donors (Lipinski definition) is 2. The van der Waals surface area contributed by atoms with E-state index in [9.17, 15) is 0 Å². The Labute approximate surface area is 110 Å². The van der Waals surface area contributed by atoms with Crippen LogP contribution in [0.1, 0.15) is 19.3 Å². The first-order valence-corrected chi connectivity index (χ1v) is 6.79. The first-order chi connectivity index (χ1) is 7.79. The van der Waals surface area contributed by atoms with Crippen LogP contribution in [-0.4, -0.2) is 23.1 Å². The summed E-state index contributed by atoms with van der Waals surface area (Å²) in [6, 6.07) is 0. The number of nitrogens with one attached hydrogen (secondary N) is 1. The summed E-state index contributed by atoms with van der Waals surface area (Å²) in [4.78, 5) is 8.46.